The molecule has 0 atom stereocenters. The Morgan fingerprint density at radius 2 is 1.04 bits per heavy atom. The van der Waals surface area contributed by atoms with Gasteiger partial charge in [0, 0.05) is 46.1 Å². The summed E-state index contributed by atoms with van der Waals surface area (Å²) in [6.45, 7) is 12.7. The van der Waals surface area contributed by atoms with E-state index in [9.17, 15) is 9.59 Å². The van der Waals surface area contributed by atoms with Gasteiger partial charge in [0.05, 0.1) is 11.0 Å². The minimum atomic E-state index is 0.0959. The molecule has 0 spiro atoms. The maximum Gasteiger partial charge on any atom is 0.167 e. The van der Waals surface area contributed by atoms with Crippen LogP contribution in [-0.4, -0.2) is 21.5 Å². The van der Waals surface area contributed by atoms with Gasteiger partial charge in [0.25, 0.3) is 0 Å². The third-order valence-corrected chi connectivity index (χ3v) is 8.76. The van der Waals surface area contributed by atoms with E-state index in [1.807, 2.05) is 86.6 Å². The first-order valence-electron chi connectivity index (χ1n) is 17.0. The first-order chi connectivity index (χ1) is 23.0. The number of nitrogens with zero attached hydrogens (tertiary/aromatic N) is 2. The number of aromatic nitrogens is 2. The van der Waals surface area contributed by atoms with Crippen molar-refractivity contribution in [1.82, 2.24) is 9.97 Å². The van der Waals surface area contributed by atoms with Gasteiger partial charge in [-0.1, -0.05) is 131 Å². The number of carbonyl (C=O) groups is 2. The van der Waals surface area contributed by atoms with Gasteiger partial charge in [0.1, 0.15) is 0 Å². The van der Waals surface area contributed by atoms with Gasteiger partial charge >= 0.3 is 0 Å². The number of hydrogen-bond donors (Lipinski definition) is 0. The molecule has 0 radical (unpaired) electrons. The SMILES string of the molecule is CCCCc1ccc(C(=O)Cc2cccc3ccc(C)nc23)cc1.Cc1ccc2cccc(CC(=O)c3ccc(C(C)(C)C)cc3)c2n1. The topological polar surface area (TPSA) is 59.9 Å². The molecule has 6 rings (SSSR count). The molecule has 0 bridgehead atoms. The van der Waals surface area contributed by atoms with Crippen molar-refractivity contribution < 1.29 is 9.59 Å². The molecule has 0 fully saturated rings. The zero-order chi connectivity index (χ0) is 34.3. The number of hydrogen-bond acceptors (Lipinski definition) is 4. The molecule has 0 saturated heterocycles. The van der Waals surface area contributed by atoms with E-state index in [2.05, 4.69) is 74.1 Å². The molecule has 0 aliphatic carbocycles. The zero-order valence-corrected chi connectivity index (χ0v) is 29.1. The van der Waals surface area contributed by atoms with Crippen molar-refractivity contribution in [1.29, 1.82) is 0 Å². The van der Waals surface area contributed by atoms with Gasteiger partial charge in [-0.05, 0) is 66.5 Å². The third kappa shape index (κ3) is 8.68. The van der Waals surface area contributed by atoms with Crippen LogP contribution >= 0.6 is 0 Å². The minimum absolute atomic E-state index is 0.0959. The fourth-order valence-electron chi connectivity index (χ4n) is 5.84. The minimum Gasteiger partial charge on any atom is -0.294 e. The second-order valence-electron chi connectivity index (χ2n) is 13.7. The van der Waals surface area contributed by atoms with Crippen LogP contribution in [0, 0.1) is 13.8 Å². The zero-order valence-electron chi connectivity index (χ0n) is 29.1. The van der Waals surface area contributed by atoms with E-state index in [1.54, 1.807) is 0 Å². The molecule has 0 amide bonds. The van der Waals surface area contributed by atoms with Crippen molar-refractivity contribution in [2.24, 2.45) is 0 Å². The van der Waals surface area contributed by atoms with Gasteiger partial charge in [0.2, 0.25) is 0 Å². The van der Waals surface area contributed by atoms with Crippen molar-refractivity contribution in [2.75, 3.05) is 0 Å². The Morgan fingerprint density at radius 1 is 0.583 bits per heavy atom. The number of para-hydroxylation sites is 2. The van der Waals surface area contributed by atoms with E-state index in [1.165, 1.54) is 24.0 Å². The quantitative estimate of drug-likeness (QED) is 0.149. The molecule has 6 aromatic rings. The molecule has 2 heterocycles. The highest BCUT2D eigenvalue weighted by atomic mass is 16.1. The summed E-state index contributed by atoms with van der Waals surface area (Å²) in [5, 5.41) is 2.16. The smallest absolute Gasteiger partial charge is 0.167 e. The normalized spacial score (nSPS) is 11.3. The molecule has 2 aromatic heterocycles. The Kier molecular flexibility index (Phi) is 11.0. The highest BCUT2D eigenvalue weighted by Crippen LogP contribution is 2.24. The van der Waals surface area contributed by atoms with Gasteiger partial charge in [0.15, 0.2) is 11.6 Å². The third-order valence-electron chi connectivity index (χ3n) is 8.76. The van der Waals surface area contributed by atoms with Crippen LogP contribution < -0.4 is 0 Å². The first-order valence-corrected chi connectivity index (χ1v) is 17.0. The van der Waals surface area contributed by atoms with Crippen molar-refractivity contribution in [3.63, 3.8) is 0 Å². The predicted octanol–water partition coefficient (Wildman–Crippen LogP) is 10.6. The molecule has 244 valence electrons. The summed E-state index contributed by atoms with van der Waals surface area (Å²) in [4.78, 5) is 34.6. The van der Waals surface area contributed by atoms with Gasteiger partial charge in [-0.2, -0.15) is 0 Å². The van der Waals surface area contributed by atoms with Gasteiger partial charge < -0.3 is 0 Å². The van der Waals surface area contributed by atoms with Crippen LogP contribution in [0.2, 0.25) is 0 Å². The fraction of sp³-hybridized carbons (Fsp3) is 0.273. The summed E-state index contributed by atoms with van der Waals surface area (Å²) >= 11 is 0. The molecule has 0 aliphatic rings. The lowest BCUT2D eigenvalue weighted by molar-refractivity contribution is 0.0985. The lowest BCUT2D eigenvalue weighted by Gasteiger charge is -2.19. The second-order valence-corrected chi connectivity index (χ2v) is 13.7. The van der Waals surface area contributed by atoms with E-state index in [0.29, 0.717) is 12.8 Å². The number of rotatable bonds is 9. The van der Waals surface area contributed by atoms with Crippen molar-refractivity contribution in [2.45, 2.75) is 79.1 Å². The number of ketones is 2. The summed E-state index contributed by atoms with van der Waals surface area (Å²) in [6, 6.07) is 36.2. The maximum absolute atomic E-state index is 12.7. The Balaban J connectivity index is 0.000000188. The number of fused-ring (bicyclic) bond motifs is 2. The largest absolute Gasteiger partial charge is 0.294 e. The summed E-state index contributed by atoms with van der Waals surface area (Å²) in [5.74, 6) is 0.277. The fourth-order valence-corrected chi connectivity index (χ4v) is 5.84. The second kappa shape index (κ2) is 15.3. The average molecular weight is 635 g/mol. The average Bonchev–Trinajstić information content (AvgIpc) is 3.08. The first kappa shape index (κ1) is 34.4. The van der Waals surface area contributed by atoms with Gasteiger partial charge in [-0.15, -0.1) is 0 Å². The van der Waals surface area contributed by atoms with Crippen molar-refractivity contribution >= 4 is 33.4 Å². The molecule has 0 unspecified atom stereocenters. The summed E-state index contributed by atoms with van der Waals surface area (Å²) in [6.07, 6.45) is 4.23. The van der Waals surface area contributed by atoms with Gasteiger partial charge in [-0.3, -0.25) is 19.6 Å². The molecular formula is C44H46N2O2. The molecule has 4 heteroatoms. The molecular weight excluding hydrogens is 588 g/mol. The molecule has 0 aliphatic heterocycles. The van der Waals surface area contributed by atoms with Crippen LogP contribution in [0.25, 0.3) is 21.8 Å². The molecule has 0 N–H and O–H groups in total. The number of benzene rings is 4. The Morgan fingerprint density at radius 3 is 1.48 bits per heavy atom. The molecule has 4 nitrogen and oxygen atoms in total. The van der Waals surface area contributed by atoms with Crippen LogP contribution in [0.3, 0.4) is 0 Å². The molecule has 4 aromatic carbocycles. The van der Waals surface area contributed by atoms with Crippen LogP contribution in [0.4, 0.5) is 0 Å². The summed E-state index contributed by atoms with van der Waals surface area (Å²) in [7, 11) is 0. The van der Waals surface area contributed by atoms with E-state index in [0.717, 1.165) is 61.9 Å². The standard InChI is InChI=1S/2C22H23NO/c1-15-8-9-17-6-5-7-18(21(17)23-15)14-20(24)16-10-12-19(13-11-16)22(2,3)4;1-3-4-6-17-10-13-18(14-11-17)21(24)15-20-8-5-7-19-12-9-16(2)23-22(19)20/h5-13H,14H2,1-4H3;5,7-14H,3-4,6,15H2,1-2H3. The Bertz CT molecular complexity index is 2030. The Hall–Kier alpha value is -4.96. The van der Waals surface area contributed by atoms with Crippen molar-refractivity contribution in [3.05, 3.63) is 154 Å². The number of pyridine rings is 2. The van der Waals surface area contributed by atoms with E-state index in [4.69, 9.17) is 0 Å². The Labute approximate surface area is 285 Å². The van der Waals surface area contributed by atoms with Crippen LogP contribution in [0.5, 0.6) is 0 Å². The number of aryl methyl sites for hydroxylation is 3. The van der Waals surface area contributed by atoms with E-state index in [-0.39, 0.29) is 17.0 Å². The molecule has 48 heavy (non-hydrogen) atoms. The lowest BCUT2D eigenvalue weighted by atomic mass is 9.86. The van der Waals surface area contributed by atoms with E-state index < -0.39 is 0 Å². The van der Waals surface area contributed by atoms with Crippen LogP contribution in [-0.2, 0) is 24.7 Å². The maximum atomic E-state index is 12.7. The summed E-state index contributed by atoms with van der Waals surface area (Å²) < 4.78 is 0. The van der Waals surface area contributed by atoms with Gasteiger partial charge in [-0.25, -0.2) is 0 Å². The highest BCUT2D eigenvalue weighted by Gasteiger charge is 2.16. The number of unbranched alkanes of at least 4 members (excludes halogenated alkanes) is 1. The van der Waals surface area contributed by atoms with Crippen LogP contribution in [0.1, 0.15) is 94.9 Å². The monoisotopic (exact) mass is 634 g/mol. The highest BCUT2D eigenvalue weighted by molar-refractivity contribution is 6.00. The number of Topliss-reactive ketones (excluding diaryl/α,β-unsaturated/α-hetero) is 2. The predicted molar refractivity (Wildman–Crippen MR) is 199 cm³/mol. The van der Waals surface area contributed by atoms with Crippen LogP contribution in [0.15, 0.2) is 109 Å². The summed E-state index contributed by atoms with van der Waals surface area (Å²) in [5.41, 5.74) is 9.96. The lowest BCUT2D eigenvalue weighted by Crippen LogP contribution is -2.11. The van der Waals surface area contributed by atoms with Crippen molar-refractivity contribution in [3.8, 4) is 0 Å². The molecule has 0 saturated carbocycles. The van der Waals surface area contributed by atoms with E-state index >= 15 is 0 Å². The number of carbonyl (C=O) groups excluding carboxylic acids is 2.